The lowest BCUT2D eigenvalue weighted by Crippen LogP contribution is -2.49. The molecule has 0 unspecified atom stereocenters. The van der Waals surface area contributed by atoms with Crippen LogP contribution in [0.3, 0.4) is 0 Å². The van der Waals surface area contributed by atoms with E-state index in [4.69, 9.17) is 11.6 Å². The monoisotopic (exact) mass is 404 g/mol. The molecule has 0 radical (unpaired) electrons. The number of rotatable bonds is 4. The first kappa shape index (κ1) is 19.7. The van der Waals surface area contributed by atoms with Crippen LogP contribution in [0.4, 0.5) is 0 Å². The van der Waals surface area contributed by atoms with Crippen LogP contribution >= 0.6 is 11.6 Å². The fraction of sp³-hybridized carbons (Fsp3) is 0.240. The van der Waals surface area contributed by atoms with E-state index in [0.29, 0.717) is 0 Å². The van der Waals surface area contributed by atoms with Gasteiger partial charge < -0.3 is 4.90 Å². The number of aryl methyl sites for hydroxylation is 1. The van der Waals surface area contributed by atoms with Gasteiger partial charge in [-0.1, -0.05) is 71.8 Å². The Labute approximate surface area is 177 Å². The Kier molecular flexibility index (Phi) is 5.98. The van der Waals surface area contributed by atoms with Crippen molar-refractivity contribution in [3.8, 4) is 0 Å². The summed E-state index contributed by atoms with van der Waals surface area (Å²) in [5.41, 5.74) is 4.41. The van der Waals surface area contributed by atoms with Crippen molar-refractivity contribution in [2.45, 2.75) is 13.0 Å². The molecule has 3 nitrogen and oxygen atoms in total. The van der Waals surface area contributed by atoms with Gasteiger partial charge in [-0.05, 0) is 42.3 Å². The highest BCUT2D eigenvalue weighted by atomic mass is 35.5. The number of halogens is 1. The van der Waals surface area contributed by atoms with E-state index in [0.717, 1.165) is 36.8 Å². The lowest BCUT2D eigenvalue weighted by Gasteiger charge is -2.39. The van der Waals surface area contributed by atoms with Gasteiger partial charge in [0.15, 0.2) is 0 Å². The first-order valence-corrected chi connectivity index (χ1v) is 10.4. The third kappa shape index (κ3) is 4.52. The molecule has 3 aromatic carbocycles. The van der Waals surface area contributed by atoms with Crippen LogP contribution in [0, 0.1) is 6.92 Å². The predicted molar refractivity (Wildman–Crippen MR) is 118 cm³/mol. The van der Waals surface area contributed by atoms with Crippen LogP contribution in [0.15, 0.2) is 78.9 Å². The standard InChI is InChI=1S/C25H25ClN2O/c1-19-7-9-22(10-8-19)25(29)28-17-15-27(16-18-28)24(20-5-3-2-4-6-20)21-11-13-23(26)14-12-21/h2-14,24H,15-18H2,1H3/t24-/m1/s1. The second-order valence-corrected chi connectivity index (χ2v) is 8.00. The number of benzene rings is 3. The number of hydrogen-bond donors (Lipinski definition) is 0. The molecule has 0 bridgehead atoms. The number of piperazine rings is 1. The molecule has 3 aromatic rings. The van der Waals surface area contributed by atoms with Crippen molar-refractivity contribution >= 4 is 17.5 Å². The van der Waals surface area contributed by atoms with E-state index >= 15 is 0 Å². The SMILES string of the molecule is Cc1ccc(C(=O)N2CCN([C@H](c3ccccc3)c3ccc(Cl)cc3)CC2)cc1. The summed E-state index contributed by atoms with van der Waals surface area (Å²) in [6.07, 6.45) is 0. The smallest absolute Gasteiger partial charge is 0.253 e. The molecule has 0 spiro atoms. The maximum Gasteiger partial charge on any atom is 0.253 e. The molecule has 1 heterocycles. The summed E-state index contributed by atoms with van der Waals surface area (Å²) in [5.74, 6) is 0.118. The number of hydrogen-bond acceptors (Lipinski definition) is 2. The van der Waals surface area contributed by atoms with Crippen molar-refractivity contribution in [2.24, 2.45) is 0 Å². The Morgan fingerprint density at radius 2 is 1.38 bits per heavy atom. The quantitative estimate of drug-likeness (QED) is 0.597. The first-order valence-electron chi connectivity index (χ1n) is 10.0. The van der Waals surface area contributed by atoms with Gasteiger partial charge in [0.05, 0.1) is 6.04 Å². The molecule has 0 aliphatic carbocycles. The highest BCUT2D eigenvalue weighted by Gasteiger charge is 2.28. The summed E-state index contributed by atoms with van der Waals surface area (Å²) in [4.78, 5) is 17.3. The van der Waals surface area contributed by atoms with Gasteiger partial charge in [0, 0.05) is 36.8 Å². The summed E-state index contributed by atoms with van der Waals surface area (Å²) in [7, 11) is 0. The van der Waals surface area contributed by atoms with Crippen molar-refractivity contribution in [3.63, 3.8) is 0 Å². The largest absolute Gasteiger partial charge is 0.336 e. The van der Waals surface area contributed by atoms with Gasteiger partial charge in [-0.3, -0.25) is 9.69 Å². The van der Waals surface area contributed by atoms with Crippen LogP contribution in [-0.2, 0) is 0 Å². The van der Waals surface area contributed by atoms with Gasteiger partial charge in [-0.15, -0.1) is 0 Å². The highest BCUT2D eigenvalue weighted by Crippen LogP contribution is 2.30. The Bertz CT molecular complexity index is 946. The molecule has 1 atom stereocenters. The summed E-state index contributed by atoms with van der Waals surface area (Å²) >= 11 is 6.11. The minimum atomic E-state index is 0.118. The molecule has 1 amide bonds. The summed E-state index contributed by atoms with van der Waals surface area (Å²) in [5, 5.41) is 0.745. The lowest BCUT2D eigenvalue weighted by molar-refractivity contribution is 0.0597. The maximum absolute atomic E-state index is 12.9. The lowest BCUT2D eigenvalue weighted by atomic mass is 9.96. The fourth-order valence-electron chi connectivity index (χ4n) is 3.96. The molecule has 148 valence electrons. The molecular weight excluding hydrogens is 380 g/mol. The normalized spacial score (nSPS) is 15.9. The van der Waals surface area contributed by atoms with E-state index in [-0.39, 0.29) is 11.9 Å². The highest BCUT2D eigenvalue weighted by molar-refractivity contribution is 6.30. The zero-order valence-electron chi connectivity index (χ0n) is 16.6. The average molecular weight is 405 g/mol. The Balaban J connectivity index is 1.51. The van der Waals surface area contributed by atoms with Crippen LogP contribution in [0.25, 0.3) is 0 Å². The molecule has 4 rings (SSSR count). The van der Waals surface area contributed by atoms with E-state index in [9.17, 15) is 4.79 Å². The van der Waals surface area contributed by atoms with Gasteiger partial charge >= 0.3 is 0 Å². The van der Waals surface area contributed by atoms with E-state index in [1.165, 1.54) is 16.7 Å². The first-order chi connectivity index (χ1) is 14.1. The van der Waals surface area contributed by atoms with Gasteiger partial charge in [-0.2, -0.15) is 0 Å². The van der Waals surface area contributed by atoms with Crippen LogP contribution in [0.2, 0.25) is 5.02 Å². The number of nitrogens with zero attached hydrogens (tertiary/aromatic N) is 2. The van der Waals surface area contributed by atoms with Crippen molar-refractivity contribution < 1.29 is 4.79 Å². The van der Waals surface area contributed by atoms with Crippen LogP contribution in [-0.4, -0.2) is 41.9 Å². The summed E-state index contributed by atoms with van der Waals surface area (Å²) in [6, 6.07) is 26.6. The fourth-order valence-corrected chi connectivity index (χ4v) is 4.08. The number of carbonyl (C=O) groups excluding carboxylic acids is 1. The van der Waals surface area contributed by atoms with Crippen LogP contribution in [0.1, 0.15) is 33.1 Å². The van der Waals surface area contributed by atoms with Crippen LogP contribution < -0.4 is 0 Å². The third-order valence-electron chi connectivity index (χ3n) is 5.57. The zero-order chi connectivity index (χ0) is 20.2. The number of amides is 1. The van der Waals surface area contributed by atoms with Crippen molar-refractivity contribution in [3.05, 3.63) is 106 Å². The molecule has 4 heteroatoms. The van der Waals surface area contributed by atoms with Gasteiger partial charge in [0.25, 0.3) is 5.91 Å². The molecule has 29 heavy (non-hydrogen) atoms. The Morgan fingerprint density at radius 1 is 0.793 bits per heavy atom. The minimum absolute atomic E-state index is 0.118. The van der Waals surface area contributed by atoms with E-state index in [1.807, 2.05) is 54.3 Å². The van der Waals surface area contributed by atoms with Crippen LogP contribution in [0.5, 0.6) is 0 Å². The number of carbonyl (C=O) groups is 1. The second-order valence-electron chi connectivity index (χ2n) is 7.56. The second kappa shape index (κ2) is 8.81. The zero-order valence-corrected chi connectivity index (χ0v) is 17.3. The third-order valence-corrected chi connectivity index (χ3v) is 5.82. The molecule has 1 aliphatic rings. The average Bonchev–Trinajstić information content (AvgIpc) is 2.77. The maximum atomic E-state index is 12.9. The Morgan fingerprint density at radius 3 is 2.00 bits per heavy atom. The van der Waals surface area contributed by atoms with E-state index in [2.05, 4.69) is 41.3 Å². The molecule has 0 saturated carbocycles. The topological polar surface area (TPSA) is 23.6 Å². The van der Waals surface area contributed by atoms with Gasteiger partial charge in [-0.25, -0.2) is 0 Å². The van der Waals surface area contributed by atoms with Crippen molar-refractivity contribution in [1.29, 1.82) is 0 Å². The van der Waals surface area contributed by atoms with Gasteiger partial charge in [0.1, 0.15) is 0 Å². The molecule has 0 aromatic heterocycles. The summed E-state index contributed by atoms with van der Waals surface area (Å²) < 4.78 is 0. The molecule has 1 aliphatic heterocycles. The van der Waals surface area contributed by atoms with Crippen molar-refractivity contribution in [2.75, 3.05) is 26.2 Å². The summed E-state index contributed by atoms with van der Waals surface area (Å²) in [6.45, 7) is 5.15. The van der Waals surface area contributed by atoms with Gasteiger partial charge in [0.2, 0.25) is 0 Å². The minimum Gasteiger partial charge on any atom is -0.336 e. The van der Waals surface area contributed by atoms with E-state index < -0.39 is 0 Å². The van der Waals surface area contributed by atoms with E-state index in [1.54, 1.807) is 0 Å². The molecule has 1 saturated heterocycles. The molecular formula is C25H25ClN2O. The molecule has 0 N–H and O–H groups in total. The predicted octanol–water partition coefficient (Wildman–Crippen LogP) is 5.20. The Hall–Kier alpha value is -2.62. The molecule has 1 fully saturated rings. The van der Waals surface area contributed by atoms with Crippen molar-refractivity contribution in [1.82, 2.24) is 9.80 Å².